The molecule has 1 N–H and O–H groups in total. The number of nitrogens with zero attached hydrogens (tertiary/aromatic N) is 2. The van der Waals surface area contributed by atoms with Crippen LogP contribution in [0.2, 0.25) is 10.0 Å². The number of rotatable bonds is 12. The standard InChI is InChI=1S/C31H37Cl2N3O4S/c1-21(2)25-12-14-26(15-13-25)36(41(5,39)40)20-30(37)35(19-24-11-16-27(32)28(33)17-24)29(31(38)34-22(3)4)18-23-9-7-6-8-10-23/h6-17,21-22,29H,18-20H2,1-5H3,(H,34,38). The van der Waals surface area contributed by atoms with E-state index in [0.29, 0.717) is 21.3 Å². The lowest BCUT2D eigenvalue weighted by molar-refractivity contribution is -0.140. The summed E-state index contributed by atoms with van der Waals surface area (Å²) < 4.78 is 26.9. The molecule has 3 aromatic carbocycles. The van der Waals surface area contributed by atoms with Gasteiger partial charge in [-0.15, -0.1) is 0 Å². The molecule has 0 aliphatic heterocycles. The minimum Gasteiger partial charge on any atom is -0.352 e. The van der Waals surface area contributed by atoms with Gasteiger partial charge in [0.1, 0.15) is 12.6 Å². The van der Waals surface area contributed by atoms with Gasteiger partial charge in [-0.1, -0.05) is 85.6 Å². The lowest BCUT2D eigenvalue weighted by Crippen LogP contribution is -2.54. The van der Waals surface area contributed by atoms with Crippen molar-refractivity contribution in [2.75, 3.05) is 17.1 Å². The second-order valence-corrected chi connectivity index (χ2v) is 13.4. The third kappa shape index (κ3) is 9.21. The van der Waals surface area contributed by atoms with Crippen molar-refractivity contribution in [3.05, 3.63) is 99.5 Å². The summed E-state index contributed by atoms with van der Waals surface area (Å²) in [6.07, 6.45) is 1.29. The van der Waals surface area contributed by atoms with Crippen molar-refractivity contribution in [2.45, 2.75) is 58.7 Å². The van der Waals surface area contributed by atoms with Crippen LogP contribution in [0.5, 0.6) is 0 Å². The zero-order chi connectivity index (χ0) is 30.3. The number of halogens is 2. The van der Waals surface area contributed by atoms with Crippen LogP contribution in [0.15, 0.2) is 72.8 Å². The van der Waals surface area contributed by atoms with Crippen molar-refractivity contribution >= 4 is 50.7 Å². The molecule has 0 saturated heterocycles. The highest BCUT2D eigenvalue weighted by molar-refractivity contribution is 7.92. The molecule has 0 aliphatic rings. The highest BCUT2D eigenvalue weighted by Crippen LogP contribution is 2.26. The van der Waals surface area contributed by atoms with Crippen molar-refractivity contribution < 1.29 is 18.0 Å². The fourth-order valence-electron chi connectivity index (χ4n) is 4.41. The zero-order valence-electron chi connectivity index (χ0n) is 24.0. The maximum Gasteiger partial charge on any atom is 0.244 e. The number of hydrogen-bond donors (Lipinski definition) is 1. The predicted octanol–water partition coefficient (Wildman–Crippen LogP) is 6.05. The molecule has 3 rings (SSSR count). The molecule has 7 nitrogen and oxygen atoms in total. The van der Waals surface area contributed by atoms with Gasteiger partial charge < -0.3 is 10.2 Å². The van der Waals surface area contributed by atoms with Crippen molar-refractivity contribution in [1.82, 2.24) is 10.2 Å². The van der Waals surface area contributed by atoms with E-state index in [1.807, 2.05) is 70.2 Å². The van der Waals surface area contributed by atoms with Crippen LogP contribution >= 0.6 is 23.2 Å². The Morgan fingerprint density at radius 1 is 0.854 bits per heavy atom. The number of nitrogens with one attached hydrogen (secondary N) is 1. The Labute approximate surface area is 253 Å². The lowest BCUT2D eigenvalue weighted by Gasteiger charge is -2.34. The van der Waals surface area contributed by atoms with Gasteiger partial charge in [0.25, 0.3) is 0 Å². The molecular formula is C31H37Cl2N3O4S. The van der Waals surface area contributed by atoms with E-state index in [1.54, 1.807) is 30.3 Å². The minimum absolute atomic E-state index is 0.0165. The summed E-state index contributed by atoms with van der Waals surface area (Å²) in [4.78, 5) is 29.1. The molecular weight excluding hydrogens is 581 g/mol. The van der Waals surface area contributed by atoms with Crippen LogP contribution in [0.4, 0.5) is 5.69 Å². The molecule has 1 unspecified atom stereocenters. The second kappa shape index (κ2) is 14.2. The van der Waals surface area contributed by atoms with Gasteiger partial charge in [-0.25, -0.2) is 8.42 Å². The summed E-state index contributed by atoms with van der Waals surface area (Å²) in [5, 5.41) is 3.60. The maximum absolute atomic E-state index is 14.1. The second-order valence-electron chi connectivity index (χ2n) is 10.7. The van der Waals surface area contributed by atoms with Crippen molar-refractivity contribution in [3.8, 4) is 0 Å². The first-order chi connectivity index (χ1) is 19.3. The monoisotopic (exact) mass is 617 g/mol. The molecule has 0 aromatic heterocycles. The topological polar surface area (TPSA) is 86.8 Å². The Kier molecular flexibility index (Phi) is 11.2. The molecule has 0 radical (unpaired) electrons. The number of carbonyl (C=O) groups is 2. The summed E-state index contributed by atoms with van der Waals surface area (Å²) in [7, 11) is -3.84. The van der Waals surface area contributed by atoms with Gasteiger partial charge in [0.05, 0.1) is 22.0 Å². The smallest absolute Gasteiger partial charge is 0.244 e. The molecule has 0 heterocycles. The summed E-state index contributed by atoms with van der Waals surface area (Å²) in [5.74, 6) is -0.615. The van der Waals surface area contributed by atoms with Crippen LogP contribution in [-0.4, -0.2) is 50.0 Å². The number of amides is 2. The summed E-state index contributed by atoms with van der Waals surface area (Å²) in [6, 6.07) is 20.4. The maximum atomic E-state index is 14.1. The summed E-state index contributed by atoms with van der Waals surface area (Å²) >= 11 is 12.4. The largest absolute Gasteiger partial charge is 0.352 e. The fourth-order valence-corrected chi connectivity index (χ4v) is 5.58. The molecule has 0 aliphatic carbocycles. The molecule has 1 atom stereocenters. The van der Waals surface area contributed by atoms with Crippen LogP contribution < -0.4 is 9.62 Å². The number of anilines is 1. The molecule has 3 aromatic rings. The molecule has 0 spiro atoms. The first kappa shape index (κ1) is 32.4. The van der Waals surface area contributed by atoms with Gasteiger partial charge in [0.15, 0.2) is 0 Å². The first-order valence-electron chi connectivity index (χ1n) is 13.4. The number of hydrogen-bond acceptors (Lipinski definition) is 4. The van der Waals surface area contributed by atoms with E-state index < -0.39 is 28.5 Å². The van der Waals surface area contributed by atoms with Crippen molar-refractivity contribution in [3.63, 3.8) is 0 Å². The third-order valence-electron chi connectivity index (χ3n) is 6.57. The van der Waals surface area contributed by atoms with Gasteiger partial charge in [0.2, 0.25) is 21.8 Å². The molecule has 0 fully saturated rings. The van der Waals surface area contributed by atoms with Gasteiger partial charge in [-0.05, 0) is 60.7 Å². The summed E-state index contributed by atoms with van der Waals surface area (Å²) in [6.45, 7) is 7.30. The number of carbonyl (C=O) groups excluding carboxylic acids is 2. The molecule has 41 heavy (non-hydrogen) atoms. The molecule has 0 saturated carbocycles. The Morgan fingerprint density at radius 3 is 2.02 bits per heavy atom. The van der Waals surface area contributed by atoms with Gasteiger partial charge in [-0.3, -0.25) is 13.9 Å². The van der Waals surface area contributed by atoms with E-state index >= 15 is 0 Å². The van der Waals surface area contributed by atoms with E-state index in [2.05, 4.69) is 5.32 Å². The quantitative estimate of drug-likeness (QED) is 0.268. The molecule has 10 heteroatoms. The lowest BCUT2D eigenvalue weighted by atomic mass is 10.0. The molecule has 2 amide bonds. The molecule has 220 valence electrons. The van der Waals surface area contributed by atoms with Gasteiger partial charge in [0, 0.05) is 19.0 Å². The van der Waals surface area contributed by atoms with E-state index in [-0.39, 0.29) is 30.8 Å². The van der Waals surface area contributed by atoms with Crippen LogP contribution in [0.3, 0.4) is 0 Å². The van der Waals surface area contributed by atoms with Crippen LogP contribution in [0.25, 0.3) is 0 Å². The van der Waals surface area contributed by atoms with Crippen LogP contribution in [-0.2, 0) is 32.6 Å². The summed E-state index contributed by atoms with van der Waals surface area (Å²) in [5.41, 5.74) is 2.91. The fraction of sp³-hybridized carbons (Fsp3) is 0.355. The first-order valence-corrected chi connectivity index (χ1v) is 16.0. The predicted molar refractivity (Wildman–Crippen MR) is 167 cm³/mol. The van der Waals surface area contributed by atoms with E-state index in [9.17, 15) is 18.0 Å². The Balaban J connectivity index is 2.06. The number of benzene rings is 3. The average molecular weight is 619 g/mol. The average Bonchev–Trinajstić information content (AvgIpc) is 2.90. The SMILES string of the molecule is CC(C)NC(=O)C(Cc1ccccc1)N(Cc1ccc(Cl)c(Cl)c1)C(=O)CN(c1ccc(C(C)C)cc1)S(C)(=O)=O. The Bertz CT molecular complexity index is 1450. The van der Waals surface area contributed by atoms with Crippen LogP contribution in [0.1, 0.15) is 50.3 Å². The van der Waals surface area contributed by atoms with E-state index in [1.165, 1.54) is 4.90 Å². The number of sulfonamides is 1. The third-order valence-corrected chi connectivity index (χ3v) is 8.45. The van der Waals surface area contributed by atoms with Gasteiger partial charge in [-0.2, -0.15) is 0 Å². The Morgan fingerprint density at radius 2 is 1.49 bits per heavy atom. The zero-order valence-corrected chi connectivity index (χ0v) is 26.3. The molecule has 0 bridgehead atoms. The van der Waals surface area contributed by atoms with Crippen molar-refractivity contribution in [1.29, 1.82) is 0 Å². The minimum atomic E-state index is -3.84. The van der Waals surface area contributed by atoms with Crippen molar-refractivity contribution in [2.24, 2.45) is 0 Å². The van der Waals surface area contributed by atoms with Gasteiger partial charge >= 0.3 is 0 Å². The van der Waals surface area contributed by atoms with E-state index in [0.717, 1.165) is 21.7 Å². The Hall–Kier alpha value is -3.07. The van der Waals surface area contributed by atoms with Crippen LogP contribution in [0, 0.1) is 0 Å². The highest BCUT2D eigenvalue weighted by atomic mass is 35.5. The normalized spacial score (nSPS) is 12.3. The highest BCUT2D eigenvalue weighted by Gasteiger charge is 2.33. The van der Waals surface area contributed by atoms with E-state index in [4.69, 9.17) is 23.2 Å².